The zero-order chi connectivity index (χ0) is 11.3. The number of hydrogen-bond donors (Lipinski definition) is 1. The van der Waals surface area contributed by atoms with Crippen molar-refractivity contribution in [3.8, 4) is 5.75 Å². The van der Waals surface area contributed by atoms with E-state index in [2.05, 4.69) is 4.74 Å². The van der Waals surface area contributed by atoms with E-state index >= 15 is 0 Å². The SMILES string of the molecule is Nc1cc(OC(F)F)ccc1CCCCl. The van der Waals surface area contributed by atoms with E-state index in [1.54, 1.807) is 6.07 Å². The van der Waals surface area contributed by atoms with Crippen molar-refractivity contribution in [3.05, 3.63) is 23.8 Å². The molecular weight excluding hydrogens is 224 g/mol. The maximum Gasteiger partial charge on any atom is 0.387 e. The topological polar surface area (TPSA) is 35.2 Å². The summed E-state index contributed by atoms with van der Waals surface area (Å²) < 4.78 is 28.0. The summed E-state index contributed by atoms with van der Waals surface area (Å²) in [6.45, 7) is -2.82. The van der Waals surface area contributed by atoms with Crippen molar-refractivity contribution in [2.24, 2.45) is 0 Å². The minimum atomic E-state index is -2.82. The van der Waals surface area contributed by atoms with Crippen molar-refractivity contribution in [3.63, 3.8) is 0 Å². The van der Waals surface area contributed by atoms with Crippen molar-refractivity contribution in [1.82, 2.24) is 0 Å². The lowest BCUT2D eigenvalue weighted by molar-refractivity contribution is -0.0498. The predicted molar refractivity (Wildman–Crippen MR) is 56.5 cm³/mol. The first-order valence-corrected chi connectivity index (χ1v) is 5.06. The Hall–Kier alpha value is -1.03. The van der Waals surface area contributed by atoms with Crippen molar-refractivity contribution >= 4 is 17.3 Å². The average molecular weight is 236 g/mol. The van der Waals surface area contributed by atoms with Crippen molar-refractivity contribution in [2.75, 3.05) is 11.6 Å². The highest BCUT2D eigenvalue weighted by atomic mass is 35.5. The lowest BCUT2D eigenvalue weighted by atomic mass is 10.1. The molecule has 1 aromatic carbocycles. The van der Waals surface area contributed by atoms with E-state index in [0.29, 0.717) is 11.6 Å². The van der Waals surface area contributed by atoms with Crippen LogP contribution < -0.4 is 10.5 Å². The third kappa shape index (κ3) is 3.91. The molecule has 0 saturated carbocycles. The van der Waals surface area contributed by atoms with Crippen LogP contribution in [0.4, 0.5) is 14.5 Å². The largest absolute Gasteiger partial charge is 0.435 e. The summed E-state index contributed by atoms with van der Waals surface area (Å²) in [5.74, 6) is 0.631. The molecule has 0 aliphatic carbocycles. The highest BCUT2D eigenvalue weighted by molar-refractivity contribution is 6.17. The summed E-state index contributed by atoms with van der Waals surface area (Å²) in [6, 6.07) is 4.56. The Morgan fingerprint density at radius 1 is 1.40 bits per heavy atom. The smallest absolute Gasteiger partial charge is 0.387 e. The van der Waals surface area contributed by atoms with Gasteiger partial charge in [0.2, 0.25) is 0 Å². The molecule has 2 N–H and O–H groups in total. The molecule has 5 heteroatoms. The van der Waals surface area contributed by atoms with Crippen LogP contribution in [0.25, 0.3) is 0 Å². The molecule has 0 fully saturated rings. The molecule has 0 amide bonds. The predicted octanol–water partition coefficient (Wildman–Crippen LogP) is 3.04. The highest BCUT2D eigenvalue weighted by Crippen LogP contribution is 2.22. The summed E-state index contributed by atoms with van der Waals surface area (Å²) in [7, 11) is 0. The van der Waals surface area contributed by atoms with Crippen LogP contribution in [0.15, 0.2) is 18.2 Å². The summed E-state index contributed by atoms with van der Waals surface area (Å²) in [5.41, 5.74) is 7.03. The number of rotatable bonds is 5. The quantitative estimate of drug-likeness (QED) is 0.629. The molecule has 0 atom stereocenters. The molecule has 1 aromatic rings. The second-order valence-corrected chi connectivity index (χ2v) is 3.41. The van der Waals surface area contributed by atoms with Crippen LogP contribution >= 0.6 is 11.6 Å². The highest BCUT2D eigenvalue weighted by Gasteiger charge is 2.06. The molecule has 84 valence electrons. The van der Waals surface area contributed by atoms with Crippen LogP contribution in [0.5, 0.6) is 5.75 Å². The number of halogens is 3. The maximum absolute atomic E-state index is 11.9. The Kier molecular flexibility index (Phi) is 4.62. The minimum absolute atomic E-state index is 0.0807. The van der Waals surface area contributed by atoms with Gasteiger partial charge in [-0.25, -0.2) is 0 Å². The Labute approximate surface area is 92.0 Å². The number of nitrogens with two attached hydrogens (primary N) is 1. The number of anilines is 1. The van der Waals surface area contributed by atoms with E-state index in [-0.39, 0.29) is 5.75 Å². The first-order chi connectivity index (χ1) is 7.13. The van der Waals surface area contributed by atoms with Gasteiger partial charge >= 0.3 is 6.61 Å². The van der Waals surface area contributed by atoms with Gasteiger partial charge < -0.3 is 10.5 Å². The van der Waals surface area contributed by atoms with Gasteiger partial charge in [0.05, 0.1) is 0 Å². The molecule has 1 rings (SSSR count). The fourth-order valence-corrected chi connectivity index (χ4v) is 1.37. The Bertz CT molecular complexity index is 320. The number of ether oxygens (including phenoxy) is 1. The van der Waals surface area contributed by atoms with Crippen LogP contribution in [0.2, 0.25) is 0 Å². The van der Waals surface area contributed by atoms with Gasteiger partial charge in [-0.1, -0.05) is 6.07 Å². The Balaban J connectivity index is 2.69. The Morgan fingerprint density at radius 3 is 2.67 bits per heavy atom. The molecule has 0 unspecified atom stereocenters. The molecule has 0 aliphatic heterocycles. The zero-order valence-electron chi connectivity index (χ0n) is 8.05. The molecule has 0 spiro atoms. The lowest BCUT2D eigenvalue weighted by Gasteiger charge is -2.08. The summed E-state index contributed by atoms with van der Waals surface area (Å²) in [4.78, 5) is 0. The van der Waals surface area contributed by atoms with Crippen LogP contribution in [0, 0.1) is 0 Å². The van der Waals surface area contributed by atoms with E-state index in [0.717, 1.165) is 18.4 Å². The molecule has 2 nitrogen and oxygen atoms in total. The van der Waals surface area contributed by atoms with Gasteiger partial charge in [0.25, 0.3) is 0 Å². The normalized spacial score (nSPS) is 10.7. The van der Waals surface area contributed by atoms with Crippen LogP contribution in [0.1, 0.15) is 12.0 Å². The van der Waals surface area contributed by atoms with Crippen LogP contribution in [-0.2, 0) is 6.42 Å². The van der Waals surface area contributed by atoms with Gasteiger partial charge in [-0.3, -0.25) is 0 Å². The molecule has 0 bridgehead atoms. The van der Waals surface area contributed by atoms with Crippen LogP contribution in [-0.4, -0.2) is 12.5 Å². The first-order valence-electron chi connectivity index (χ1n) is 4.52. The maximum atomic E-state index is 11.9. The molecule has 15 heavy (non-hydrogen) atoms. The molecule has 0 aliphatic rings. The van der Waals surface area contributed by atoms with Gasteiger partial charge in [-0.15, -0.1) is 11.6 Å². The molecule has 0 saturated heterocycles. The third-order valence-electron chi connectivity index (χ3n) is 1.92. The second-order valence-electron chi connectivity index (χ2n) is 3.03. The zero-order valence-corrected chi connectivity index (χ0v) is 8.81. The average Bonchev–Trinajstić information content (AvgIpc) is 2.15. The summed E-state index contributed by atoms with van der Waals surface area (Å²) >= 11 is 5.54. The Morgan fingerprint density at radius 2 is 2.13 bits per heavy atom. The van der Waals surface area contributed by atoms with Crippen LogP contribution in [0.3, 0.4) is 0 Å². The van der Waals surface area contributed by atoms with Gasteiger partial charge in [0, 0.05) is 17.6 Å². The first kappa shape index (κ1) is 12.0. The third-order valence-corrected chi connectivity index (χ3v) is 2.19. The number of nitrogen functional groups attached to an aromatic ring is 1. The molecule has 0 heterocycles. The molecule has 0 radical (unpaired) electrons. The second kappa shape index (κ2) is 5.75. The van der Waals surface area contributed by atoms with Crippen molar-refractivity contribution in [1.29, 1.82) is 0 Å². The number of aryl methyl sites for hydroxylation is 1. The van der Waals surface area contributed by atoms with E-state index in [1.165, 1.54) is 12.1 Å². The van der Waals surface area contributed by atoms with E-state index in [4.69, 9.17) is 17.3 Å². The molecule has 0 aromatic heterocycles. The fraction of sp³-hybridized carbons (Fsp3) is 0.400. The van der Waals surface area contributed by atoms with Crippen molar-refractivity contribution in [2.45, 2.75) is 19.5 Å². The van der Waals surface area contributed by atoms with Gasteiger partial charge in [0.1, 0.15) is 5.75 Å². The monoisotopic (exact) mass is 235 g/mol. The van der Waals surface area contributed by atoms with E-state index in [1.807, 2.05) is 0 Å². The van der Waals surface area contributed by atoms with Gasteiger partial charge in [0.15, 0.2) is 0 Å². The lowest BCUT2D eigenvalue weighted by Crippen LogP contribution is -2.03. The minimum Gasteiger partial charge on any atom is -0.435 e. The molecular formula is C10H12ClF2NO. The number of alkyl halides is 3. The number of benzene rings is 1. The summed E-state index contributed by atoms with van der Waals surface area (Å²) in [6.07, 6.45) is 1.55. The van der Waals surface area contributed by atoms with E-state index < -0.39 is 6.61 Å². The van der Waals surface area contributed by atoms with Gasteiger partial charge in [-0.05, 0) is 24.5 Å². The standard InChI is InChI=1S/C10H12ClF2NO/c11-5-1-2-7-3-4-8(6-9(7)14)15-10(12)13/h3-4,6,10H,1-2,5,14H2. The van der Waals surface area contributed by atoms with Crippen molar-refractivity contribution < 1.29 is 13.5 Å². The van der Waals surface area contributed by atoms with E-state index in [9.17, 15) is 8.78 Å². The fourth-order valence-electron chi connectivity index (χ4n) is 1.23. The number of hydrogen-bond acceptors (Lipinski definition) is 2. The van der Waals surface area contributed by atoms with Gasteiger partial charge in [-0.2, -0.15) is 8.78 Å². The summed E-state index contributed by atoms with van der Waals surface area (Å²) in [5, 5.41) is 0.